The summed E-state index contributed by atoms with van der Waals surface area (Å²) in [5, 5.41) is 17.7. The molecule has 33 heavy (non-hydrogen) atoms. The predicted octanol–water partition coefficient (Wildman–Crippen LogP) is 1.72. The van der Waals surface area contributed by atoms with Gasteiger partial charge in [0.2, 0.25) is 0 Å². The second kappa shape index (κ2) is 8.47. The Bertz CT molecular complexity index is 1230. The van der Waals surface area contributed by atoms with Crippen LogP contribution < -0.4 is 21.7 Å². The number of nitriles is 1. The van der Waals surface area contributed by atoms with Crippen LogP contribution in [0.15, 0.2) is 36.2 Å². The standard InChI is InChI=1S/C24H26N6O3/c1-14-19(21(31)23(33)29-24(8-9-24)18(13-26)27-2)17-7-4-10-30(17)20(14)22(32)28-16-6-3-5-15(11-16)12-25/h3,5-6,11,13,27H,4,7-10,26H2,1-2H3,(H,28,32)(H,29,33)/b18-13-. The zero-order valence-corrected chi connectivity index (χ0v) is 18.6. The van der Waals surface area contributed by atoms with E-state index < -0.39 is 17.2 Å². The molecule has 1 aliphatic heterocycles. The summed E-state index contributed by atoms with van der Waals surface area (Å²) in [6, 6.07) is 8.66. The quantitative estimate of drug-likeness (QED) is 0.377. The van der Waals surface area contributed by atoms with E-state index in [2.05, 4.69) is 16.0 Å². The Kier molecular flexibility index (Phi) is 5.68. The number of nitrogens with two attached hydrogens (primary N) is 1. The number of benzene rings is 1. The molecule has 1 aromatic carbocycles. The van der Waals surface area contributed by atoms with Gasteiger partial charge in [0.05, 0.1) is 28.4 Å². The SMILES string of the molecule is CN/C(=C\N)C1(NC(=O)C(=O)c2c(C)c(C(=O)Nc3cccc(C#N)c3)n3c2CCC3)CC1. The number of fused-ring (bicyclic) bond motifs is 1. The number of nitrogens with zero attached hydrogens (tertiary/aromatic N) is 2. The minimum absolute atomic E-state index is 0.291. The molecule has 0 radical (unpaired) electrons. The highest BCUT2D eigenvalue weighted by Crippen LogP contribution is 2.41. The largest absolute Gasteiger partial charge is 0.403 e. The van der Waals surface area contributed by atoms with Crippen LogP contribution in [0, 0.1) is 18.3 Å². The minimum Gasteiger partial charge on any atom is -0.403 e. The van der Waals surface area contributed by atoms with Crippen LogP contribution in [-0.4, -0.2) is 34.8 Å². The molecule has 2 amide bonds. The molecule has 2 heterocycles. The van der Waals surface area contributed by atoms with Crippen molar-refractivity contribution in [2.24, 2.45) is 5.73 Å². The number of likely N-dealkylation sites (N-methyl/N-ethyl adjacent to an activating group) is 1. The molecule has 1 aliphatic carbocycles. The van der Waals surface area contributed by atoms with E-state index in [4.69, 9.17) is 11.0 Å². The Morgan fingerprint density at radius 3 is 2.67 bits per heavy atom. The van der Waals surface area contributed by atoms with Gasteiger partial charge in [-0.25, -0.2) is 0 Å². The average molecular weight is 447 g/mol. The number of anilines is 1. The van der Waals surface area contributed by atoms with E-state index in [-0.39, 0.29) is 5.91 Å². The van der Waals surface area contributed by atoms with Crippen LogP contribution in [0.25, 0.3) is 0 Å². The van der Waals surface area contributed by atoms with Gasteiger partial charge < -0.3 is 26.3 Å². The Labute approximate surface area is 191 Å². The average Bonchev–Trinajstić information content (AvgIpc) is 3.31. The van der Waals surface area contributed by atoms with Gasteiger partial charge in [-0.15, -0.1) is 0 Å². The van der Waals surface area contributed by atoms with Crippen molar-refractivity contribution in [3.8, 4) is 6.07 Å². The molecule has 5 N–H and O–H groups in total. The molecule has 1 saturated carbocycles. The van der Waals surface area contributed by atoms with Crippen molar-refractivity contribution in [3.63, 3.8) is 0 Å². The van der Waals surface area contributed by atoms with E-state index in [1.54, 1.807) is 38.2 Å². The fraction of sp³-hybridized carbons (Fsp3) is 0.333. The van der Waals surface area contributed by atoms with Gasteiger partial charge in [-0.3, -0.25) is 14.4 Å². The van der Waals surface area contributed by atoms with E-state index in [9.17, 15) is 14.4 Å². The lowest BCUT2D eigenvalue weighted by Gasteiger charge is -2.20. The first-order valence-corrected chi connectivity index (χ1v) is 10.9. The van der Waals surface area contributed by atoms with Gasteiger partial charge in [-0.05, 0) is 56.4 Å². The fourth-order valence-electron chi connectivity index (χ4n) is 4.63. The number of carbonyl (C=O) groups excluding carboxylic acids is 3. The van der Waals surface area contributed by atoms with Crippen LogP contribution in [0.4, 0.5) is 5.69 Å². The van der Waals surface area contributed by atoms with Crippen molar-refractivity contribution in [2.45, 2.75) is 44.7 Å². The van der Waals surface area contributed by atoms with Crippen LogP contribution in [0.3, 0.4) is 0 Å². The van der Waals surface area contributed by atoms with E-state index in [1.165, 1.54) is 6.20 Å². The molecule has 0 saturated heterocycles. The third kappa shape index (κ3) is 3.84. The first kappa shape index (κ1) is 22.1. The number of ketones is 1. The second-order valence-electron chi connectivity index (χ2n) is 8.39. The maximum Gasteiger partial charge on any atom is 0.293 e. The summed E-state index contributed by atoms with van der Waals surface area (Å²) in [5.41, 5.74) is 8.44. The van der Waals surface area contributed by atoms with Crippen molar-refractivity contribution in [3.05, 3.63) is 64.2 Å². The van der Waals surface area contributed by atoms with Gasteiger partial charge in [0.25, 0.3) is 17.6 Å². The van der Waals surface area contributed by atoms with Gasteiger partial charge in [0, 0.05) is 31.2 Å². The van der Waals surface area contributed by atoms with E-state index in [0.29, 0.717) is 65.3 Å². The number of nitrogens with one attached hydrogen (secondary N) is 3. The zero-order chi connectivity index (χ0) is 23.8. The van der Waals surface area contributed by atoms with Crippen molar-refractivity contribution in [1.29, 1.82) is 5.26 Å². The highest BCUT2D eigenvalue weighted by molar-refractivity contribution is 6.44. The molecule has 9 nitrogen and oxygen atoms in total. The molecule has 0 bridgehead atoms. The summed E-state index contributed by atoms with van der Waals surface area (Å²) in [5.74, 6) is -1.74. The maximum atomic E-state index is 13.2. The lowest BCUT2D eigenvalue weighted by atomic mass is 10.0. The van der Waals surface area contributed by atoms with Crippen molar-refractivity contribution < 1.29 is 14.4 Å². The van der Waals surface area contributed by atoms with Gasteiger partial charge in [-0.2, -0.15) is 5.26 Å². The van der Waals surface area contributed by atoms with Crippen LogP contribution >= 0.6 is 0 Å². The van der Waals surface area contributed by atoms with Crippen molar-refractivity contribution in [2.75, 3.05) is 12.4 Å². The highest BCUT2D eigenvalue weighted by atomic mass is 16.2. The lowest BCUT2D eigenvalue weighted by molar-refractivity contribution is -0.117. The van der Waals surface area contributed by atoms with Gasteiger partial charge >= 0.3 is 0 Å². The summed E-state index contributed by atoms with van der Waals surface area (Å²) in [6.07, 6.45) is 4.19. The Hall–Kier alpha value is -4.06. The molecule has 4 rings (SSSR count). The van der Waals surface area contributed by atoms with Crippen LogP contribution in [-0.2, 0) is 17.8 Å². The Balaban J connectivity index is 1.62. The molecule has 0 spiro atoms. The highest BCUT2D eigenvalue weighted by Gasteiger charge is 2.48. The molecular weight excluding hydrogens is 420 g/mol. The van der Waals surface area contributed by atoms with Crippen LogP contribution in [0.5, 0.6) is 0 Å². The predicted molar refractivity (Wildman–Crippen MR) is 122 cm³/mol. The first-order chi connectivity index (χ1) is 15.8. The van der Waals surface area contributed by atoms with Gasteiger partial charge in [0.15, 0.2) is 0 Å². The third-order valence-corrected chi connectivity index (χ3v) is 6.36. The minimum atomic E-state index is -0.709. The van der Waals surface area contributed by atoms with E-state index >= 15 is 0 Å². The normalized spacial score (nSPS) is 15.8. The summed E-state index contributed by atoms with van der Waals surface area (Å²) in [6.45, 7) is 2.29. The number of aromatic nitrogens is 1. The molecule has 0 unspecified atom stereocenters. The van der Waals surface area contributed by atoms with E-state index in [0.717, 1.165) is 6.42 Å². The number of hydrogen-bond donors (Lipinski definition) is 4. The smallest absolute Gasteiger partial charge is 0.293 e. The molecule has 170 valence electrons. The van der Waals surface area contributed by atoms with Crippen molar-refractivity contribution in [1.82, 2.24) is 15.2 Å². The first-order valence-electron chi connectivity index (χ1n) is 10.9. The molecule has 2 aliphatic rings. The summed E-state index contributed by atoms with van der Waals surface area (Å²) >= 11 is 0. The Morgan fingerprint density at radius 2 is 2.03 bits per heavy atom. The summed E-state index contributed by atoms with van der Waals surface area (Å²) in [7, 11) is 1.72. The molecule has 1 fully saturated rings. The molecule has 2 aromatic rings. The number of rotatable bonds is 7. The second-order valence-corrected chi connectivity index (χ2v) is 8.39. The summed E-state index contributed by atoms with van der Waals surface area (Å²) < 4.78 is 1.82. The monoisotopic (exact) mass is 446 g/mol. The third-order valence-electron chi connectivity index (χ3n) is 6.36. The molecule has 9 heteroatoms. The zero-order valence-electron chi connectivity index (χ0n) is 18.6. The number of Topliss-reactive ketones (excluding diaryl/α,β-unsaturated/α-hetero) is 1. The number of amides is 2. The van der Waals surface area contributed by atoms with Crippen LogP contribution in [0.1, 0.15) is 56.9 Å². The van der Waals surface area contributed by atoms with Crippen LogP contribution in [0.2, 0.25) is 0 Å². The molecule has 1 aromatic heterocycles. The fourth-order valence-corrected chi connectivity index (χ4v) is 4.63. The molecule has 0 atom stereocenters. The molecular formula is C24H26N6O3. The van der Waals surface area contributed by atoms with Crippen molar-refractivity contribution >= 4 is 23.3 Å². The van der Waals surface area contributed by atoms with Gasteiger partial charge in [0.1, 0.15) is 5.69 Å². The maximum absolute atomic E-state index is 13.2. The Morgan fingerprint density at radius 1 is 1.27 bits per heavy atom. The van der Waals surface area contributed by atoms with Gasteiger partial charge in [-0.1, -0.05) is 6.07 Å². The summed E-state index contributed by atoms with van der Waals surface area (Å²) in [4.78, 5) is 39.3. The number of hydrogen-bond acceptors (Lipinski definition) is 6. The number of carbonyl (C=O) groups is 3. The lowest BCUT2D eigenvalue weighted by Crippen LogP contribution is -2.45. The topological polar surface area (TPSA) is 142 Å². The van der Waals surface area contributed by atoms with E-state index in [1.807, 2.05) is 10.6 Å².